The number of aryl methyl sites for hydroxylation is 1. The number of carbonyl (C=O) groups excluding carboxylic acids is 2. The molecule has 0 saturated carbocycles. The summed E-state index contributed by atoms with van der Waals surface area (Å²) in [4.78, 5) is 29.1. The van der Waals surface area contributed by atoms with E-state index in [4.69, 9.17) is 4.74 Å². The van der Waals surface area contributed by atoms with Crippen LogP contribution in [0.25, 0.3) is 0 Å². The van der Waals surface area contributed by atoms with Crippen LogP contribution in [0.15, 0.2) is 83.8 Å². The SMILES string of the molecule is CCC(C)NC(=O)C(CC)N(Cc1ccccc1C)C(=O)CN(c1cccc(OC)c1)S(=O)(=O)c1ccccc1. The van der Waals surface area contributed by atoms with E-state index in [2.05, 4.69) is 5.32 Å². The number of nitrogens with zero attached hydrogens (tertiary/aromatic N) is 2. The zero-order chi connectivity index (χ0) is 29.3. The fourth-order valence-corrected chi connectivity index (χ4v) is 5.77. The Kier molecular flexibility index (Phi) is 10.7. The van der Waals surface area contributed by atoms with Crippen molar-refractivity contribution in [1.82, 2.24) is 10.2 Å². The summed E-state index contributed by atoms with van der Waals surface area (Å²) in [5.41, 5.74) is 2.13. The van der Waals surface area contributed by atoms with Gasteiger partial charge in [0.2, 0.25) is 11.8 Å². The average Bonchev–Trinajstić information content (AvgIpc) is 2.96. The van der Waals surface area contributed by atoms with Gasteiger partial charge < -0.3 is 15.0 Å². The van der Waals surface area contributed by atoms with Crippen molar-refractivity contribution in [2.45, 2.75) is 64.1 Å². The number of rotatable bonds is 13. The molecule has 40 heavy (non-hydrogen) atoms. The third-order valence-electron chi connectivity index (χ3n) is 6.94. The largest absolute Gasteiger partial charge is 0.497 e. The van der Waals surface area contributed by atoms with Gasteiger partial charge >= 0.3 is 0 Å². The van der Waals surface area contributed by atoms with Crippen molar-refractivity contribution in [2.75, 3.05) is 18.0 Å². The topological polar surface area (TPSA) is 96.0 Å². The monoisotopic (exact) mass is 565 g/mol. The third kappa shape index (κ3) is 7.41. The Morgan fingerprint density at radius 2 is 1.60 bits per heavy atom. The number of hydrogen-bond acceptors (Lipinski definition) is 5. The minimum atomic E-state index is -4.13. The average molecular weight is 566 g/mol. The highest BCUT2D eigenvalue weighted by Crippen LogP contribution is 2.28. The van der Waals surface area contributed by atoms with E-state index in [0.717, 1.165) is 21.9 Å². The molecular formula is C31H39N3O5S. The molecule has 3 aromatic carbocycles. The second-order valence-corrected chi connectivity index (χ2v) is 11.6. The summed E-state index contributed by atoms with van der Waals surface area (Å²) < 4.78 is 34.2. The maximum Gasteiger partial charge on any atom is 0.264 e. The molecule has 0 aliphatic rings. The molecule has 0 aromatic heterocycles. The Morgan fingerprint density at radius 3 is 2.23 bits per heavy atom. The van der Waals surface area contributed by atoms with E-state index in [1.807, 2.05) is 52.0 Å². The normalized spacial score (nSPS) is 12.7. The van der Waals surface area contributed by atoms with Crippen molar-refractivity contribution in [1.29, 1.82) is 0 Å². The number of hydrogen-bond donors (Lipinski definition) is 1. The highest BCUT2D eigenvalue weighted by atomic mass is 32.2. The van der Waals surface area contributed by atoms with Crippen LogP contribution in [0.2, 0.25) is 0 Å². The van der Waals surface area contributed by atoms with Crippen LogP contribution in [0.3, 0.4) is 0 Å². The number of benzene rings is 3. The van der Waals surface area contributed by atoms with Crippen LogP contribution in [0.5, 0.6) is 5.75 Å². The van der Waals surface area contributed by atoms with Gasteiger partial charge in [-0.1, -0.05) is 62.4 Å². The number of anilines is 1. The lowest BCUT2D eigenvalue weighted by Crippen LogP contribution is -2.53. The zero-order valence-electron chi connectivity index (χ0n) is 23.8. The molecule has 0 heterocycles. The second kappa shape index (κ2) is 14.0. The lowest BCUT2D eigenvalue weighted by atomic mass is 10.1. The first kappa shape index (κ1) is 30.7. The standard InChI is InChI=1S/C31H39N3O5S/c1-6-24(4)32-31(36)29(7-2)33(21-25-15-12-11-14-23(25)3)30(35)22-34(26-16-13-17-27(20-26)39-5)40(37,38)28-18-9-8-10-19-28/h8-20,24,29H,6-7,21-22H2,1-5H3,(H,32,36). The van der Waals surface area contributed by atoms with Crippen LogP contribution in [0.4, 0.5) is 5.69 Å². The predicted octanol–water partition coefficient (Wildman–Crippen LogP) is 4.92. The molecule has 3 rings (SSSR count). The van der Waals surface area contributed by atoms with Crippen molar-refractivity contribution in [3.8, 4) is 5.75 Å². The van der Waals surface area contributed by atoms with E-state index in [1.54, 1.807) is 42.5 Å². The molecule has 2 atom stereocenters. The van der Waals surface area contributed by atoms with Crippen LogP contribution in [0, 0.1) is 6.92 Å². The van der Waals surface area contributed by atoms with Crippen molar-refractivity contribution in [3.05, 3.63) is 90.0 Å². The highest BCUT2D eigenvalue weighted by Gasteiger charge is 2.34. The maximum absolute atomic E-state index is 14.1. The number of carbonyl (C=O) groups is 2. The Hall–Kier alpha value is -3.85. The van der Waals surface area contributed by atoms with Crippen LogP contribution in [-0.4, -0.2) is 50.9 Å². The van der Waals surface area contributed by atoms with Crippen molar-refractivity contribution in [3.63, 3.8) is 0 Å². The molecule has 0 bridgehead atoms. The summed E-state index contributed by atoms with van der Waals surface area (Å²) in [6.45, 7) is 7.34. The van der Waals surface area contributed by atoms with E-state index < -0.39 is 28.5 Å². The van der Waals surface area contributed by atoms with E-state index in [1.165, 1.54) is 24.1 Å². The number of methoxy groups -OCH3 is 1. The summed E-state index contributed by atoms with van der Waals surface area (Å²) in [5.74, 6) is -0.302. The fraction of sp³-hybridized carbons (Fsp3) is 0.355. The summed E-state index contributed by atoms with van der Waals surface area (Å²) in [6, 6.07) is 21.4. The molecule has 9 heteroatoms. The van der Waals surface area contributed by atoms with Gasteiger partial charge in [0, 0.05) is 18.7 Å². The first-order chi connectivity index (χ1) is 19.1. The van der Waals surface area contributed by atoms with Crippen LogP contribution in [-0.2, 0) is 26.2 Å². The van der Waals surface area contributed by atoms with Gasteiger partial charge in [0.1, 0.15) is 18.3 Å². The van der Waals surface area contributed by atoms with Gasteiger partial charge in [0.05, 0.1) is 17.7 Å². The van der Waals surface area contributed by atoms with Gasteiger partial charge in [-0.3, -0.25) is 13.9 Å². The molecule has 0 radical (unpaired) electrons. The van der Waals surface area contributed by atoms with E-state index in [9.17, 15) is 18.0 Å². The summed E-state index contributed by atoms with van der Waals surface area (Å²) in [7, 11) is -2.64. The number of nitrogens with one attached hydrogen (secondary N) is 1. The molecule has 8 nitrogen and oxygen atoms in total. The summed E-state index contributed by atoms with van der Waals surface area (Å²) in [6.07, 6.45) is 1.11. The lowest BCUT2D eigenvalue weighted by Gasteiger charge is -2.34. The van der Waals surface area contributed by atoms with Gasteiger partial charge in [0.15, 0.2) is 0 Å². The summed E-state index contributed by atoms with van der Waals surface area (Å²) >= 11 is 0. The minimum Gasteiger partial charge on any atom is -0.497 e. The Balaban J connectivity index is 2.08. The van der Waals surface area contributed by atoms with Crippen molar-refractivity contribution < 1.29 is 22.7 Å². The van der Waals surface area contributed by atoms with Crippen molar-refractivity contribution >= 4 is 27.5 Å². The van der Waals surface area contributed by atoms with Gasteiger partial charge in [-0.25, -0.2) is 8.42 Å². The first-order valence-corrected chi connectivity index (χ1v) is 14.9. The molecule has 0 fully saturated rings. The zero-order valence-corrected chi connectivity index (χ0v) is 24.6. The predicted molar refractivity (Wildman–Crippen MR) is 158 cm³/mol. The van der Waals surface area contributed by atoms with Crippen LogP contribution < -0.4 is 14.4 Å². The second-order valence-electron chi connectivity index (χ2n) is 9.72. The van der Waals surface area contributed by atoms with Gasteiger partial charge in [0.25, 0.3) is 10.0 Å². The van der Waals surface area contributed by atoms with E-state index in [-0.39, 0.29) is 29.1 Å². The Labute approximate surface area is 238 Å². The third-order valence-corrected chi connectivity index (χ3v) is 8.73. The summed E-state index contributed by atoms with van der Waals surface area (Å²) in [5, 5.41) is 2.99. The molecule has 0 aliphatic carbocycles. The smallest absolute Gasteiger partial charge is 0.264 e. The van der Waals surface area contributed by atoms with Crippen LogP contribution in [0.1, 0.15) is 44.7 Å². The number of sulfonamides is 1. The van der Waals surface area contributed by atoms with Crippen LogP contribution >= 0.6 is 0 Å². The molecule has 1 N–H and O–H groups in total. The molecule has 3 aromatic rings. The van der Waals surface area contributed by atoms with E-state index >= 15 is 0 Å². The highest BCUT2D eigenvalue weighted by molar-refractivity contribution is 7.92. The Bertz CT molecular complexity index is 1390. The van der Waals surface area contributed by atoms with Gasteiger partial charge in [-0.05, 0) is 62.1 Å². The lowest BCUT2D eigenvalue weighted by molar-refractivity contribution is -0.140. The maximum atomic E-state index is 14.1. The molecule has 214 valence electrons. The molecule has 0 aliphatic heterocycles. The van der Waals surface area contributed by atoms with Gasteiger partial charge in [-0.15, -0.1) is 0 Å². The van der Waals surface area contributed by atoms with E-state index in [0.29, 0.717) is 12.2 Å². The van der Waals surface area contributed by atoms with Crippen molar-refractivity contribution in [2.24, 2.45) is 0 Å². The molecule has 2 unspecified atom stereocenters. The number of amides is 2. The quantitative estimate of drug-likeness (QED) is 0.317. The Morgan fingerprint density at radius 1 is 0.925 bits per heavy atom. The fourth-order valence-electron chi connectivity index (χ4n) is 4.35. The molecule has 0 saturated heterocycles. The number of ether oxygens (including phenoxy) is 1. The first-order valence-electron chi connectivity index (χ1n) is 13.5. The minimum absolute atomic E-state index is 0.0534. The molecular weight excluding hydrogens is 526 g/mol. The molecule has 0 spiro atoms. The van der Waals surface area contributed by atoms with Gasteiger partial charge in [-0.2, -0.15) is 0 Å². The molecule has 2 amide bonds.